The van der Waals surface area contributed by atoms with Crippen molar-refractivity contribution in [3.05, 3.63) is 24.3 Å². The van der Waals surface area contributed by atoms with Gasteiger partial charge in [-0.15, -0.1) is 0 Å². The van der Waals surface area contributed by atoms with Crippen LogP contribution in [0.15, 0.2) is 29.4 Å². The summed E-state index contributed by atoms with van der Waals surface area (Å²) in [5.41, 5.74) is 0.991. The highest BCUT2D eigenvalue weighted by Crippen LogP contribution is 2.17. The Hall–Kier alpha value is -1.51. The van der Waals surface area contributed by atoms with E-state index in [1.165, 1.54) is 0 Å². The second-order valence-corrected chi connectivity index (χ2v) is 2.36. The summed E-state index contributed by atoms with van der Waals surface area (Å²) in [6.45, 7) is 3.42. The van der Waals surface area contributed by atoms with Gasteiger partial charge in [0, 0.05) is 13.8 Å². The number of anilines is 1. The van der Waals surface area contributed by atoms with Crippen molar-refractivity contribution < 1.29 is 4.74 Å². The van der Waals surface area contributed by atoms with Crippen LogP contribution in [-0.2, 0) is 0 Å². The van der Waals surface area contributed by atoms with E-state index < -0.39 is 0 Å². The molecule has 0 saturated carbocycles. The number of rotatable bonds is 3. The van der Waals surface area contributed by atoms with Gasteiger partial charge in [0.25, 0.3) is 0 Å². The summed E-state index contributed by atoms with van der Waals surface area (Å²) >= 11 is 0. The lowest BCUT2D eigenvalue weighted by molar-refractivity contribution is 0.415. The molecule has 0 radical (unpaired) electrons. The van der Waals surface area contributed by atoms with Crippen molar-refractivity contribution in [3.8, 4) is 5.75 Å². The summed E-state index contributed by atoms with van der Waals surface area (Å²) < 4.78 is 5.02. The summed E-state index contributed by atoms with van der Waals surface area (Å²) in [7, 11) is 3.49. The second kappa shape index (κ2) is 3.76. The lowest BCUT2D eigenvalue weighted by atomic mass is 10.3. The van der Waals surface area contributed by atoms with E-state index in [9.17, 15) is 0 Å². The Labute approximate surface area is 72.3 Å². The Morgan fingerprint density at radius 1 is 1.33 bits per heavy atom. The van der Waals surface area contributed by atoms with E-state index in [-0.39, 0.29) is 0 Å². The van der Waals surface area contributed by atoms with Crippen LogP contribution in [0.25, 0.3) is 0 Å². The zero-order valence-electron chi connectivity index (χ0n) is 7.32. The Morgan fingerprint density at radius 2 is 1.92 bits per heavy atom. The maximum atomic E-state index is 5.02. The summed E-state index contributed by atoms with van der Waals surface area (Å²) in [5.74, 6) is 0.844. The van der Waals surface area contributed by atoms with E-state index in [1.54, 1.807) is 12.1 Å². The summed E-state index contributed by atoms with van der Waals surface area (Å²) in [5, 5.41) is 5.45. The molecular formula is C9H12N2O. The summed E-state index contributed by atoms with van der Waals surface area (Å²) in [4.78, 5) is 0. The SMILES string of the molecule is C=NN(C)c1ccc(OC)cc1. The molecule has 0 atom stereocenters. The van der Waals surface area contributed by atoms with Crippen molar-refractivity contribution in [2.75, 3.05) is 19.2 Å². The lowest BCUT2D eigenvalue weighted by Crippen LogP contribution is -2.06. The van der Waals surface area contributed by atoms with Crippen molar-refractivity contribution >= 4 is 12.4 Å². The summed E-state index contributed by atoms with van der Waals surface area (Å²) in [6, 6.07) is 7.62. The maximum absolute atomic E-state index is 5.02. The minimum atomic E-state index is 0.844. The third-order valence-corrected chi connectivity index (χ3v) is 1.66. The molecule has 12 heavy (non-hydrogen) atoms. The van der Waals surface area contributed by atoms with Crippen molar-refractivity contribution in [3.63, 3.8) is 0 Å². The Bertz CT molecular complexity index is 256. The lowest BCUT2D eigenvalue weighted by Gasteiger charge is -2.11. The minimum Gasteiger partial charge on any atom is -0.497 e. The topological polar surface area (TPSA) is 24.8 Å². The van der Waals surface area contributed by atoms with Gasteiger partial charge in [-0.05, 0) is 24.3 Å². The van der Waals surface area contributed by atoms with Crippen LogP contribution in [0.1, 0.15) is 0 Å². The highest BCUT2D eigenvalue weighted by molar-refractivity contribution is 5.49. The van der Waals surface area contributed by atoms with Crippen LogP contribution >= 0.6 is 0 Å². The van der Waals surface area contributed by atoms with Gasteiger partial charge in [-0.1, -0.05) is 0 Å². The molecule has 1 aromatic rings. The highest BCUT2D eigenvalue weighted by atomic mass is 16.5. The van der Waals surface area contributed by atoms with Gasteiger partial charge in [-0.25, -0.2) is 0 Å². The van der Waals surface area contributed by atoms with Crippen LogP contribution in [0, 0.1) is 0 Å². The Morgan fingerprint density at radius 3 is 2.33 bits per heavy atom. The molecule has 0 N–H and O–H groups in total. The molecule has 0 aliphatic heterocycles. The number of nitrogens with zero attached hydrogens (tertiary/aromatic N) is 2. The molecule has 3 nitrogen and oxygen atoms in total. The second-order valence-electron chi connectivity index (χ2n) is 2.36. The quantitative estimate of drug-likeness (QED) is 0.502. The molecule has 3 heteroatoms. The first-order chi connectivity index (χ1) is 5.77. The largest absolute Gasteiger partial charge is 0.497 e. The zero-order chi connectivity index (χ0) is 8.97. The van der Waals surface area contributed by atoms with Crippen LogP contribution in [0.4, 0.5) is 5.69 Å². The van der Waals surface area contributed by atoms with Crippen LogP contribution in [0.3, 0.4) is 0 Å². The predicted octanol–water partition coefficient (Wildman–Crippen LogP) is 1.75. The third kappa shape index (κ3) is 1.75. The molecule has 64 valence electrons. The number of hydrogen-bond donors (Lipinski definition) is 0. The first-order valence-corrected chi connectivity index (χ1v) is 3.62. The van der Waals surface area contributed by atoms with Crippen molar-refractivity contribution in [1.29, 1.82) is 0 Å². The summed E-state index contributed by atoms with van der Waals surface area (Å²) in [6.07, 6.45) is 0. The number of hydrogen-bond acceptors (Lipinski definition) is 3. The minimum absolute atomic E-state index is 0.844. The van der Waals surface area contributed by atoms with E-state index in [0.717, 1.165) is 11.4 Å². The first-order valence-electron chi connectivity index (χ1n) is 3.62. The third-order valence-electron chi connectivity index (χ3n) is 1.66. The molecule has 0 unspecified atom stereocenters. The molecule has 0 heterocycles. The van der Waals surface area contributed by atoms with Gasteiger partial charge in [0.2, 0.25) is 0 Å². The van der Waals surface area contributed by atoms with Crippen molar-refractivity contribution in [2.24, 2.45) is 5.10 Å². The van der Waals surface area contributed by atoms with Gasteiger partial charge in [0.1, 0.15) is 5.75 Å². The standard InChI is InChI=1S/C9H12N2O/c1-10-11(2)8-4-6-9(12-3)7-5-8/h4-7H,1H2,2-3H3. The first kappa shape index (κ1) is 8.59. The van der Waals surface area contributed by atoms with Crippen LogP contribution in [0.5, 0.6) is 5.75 Å². The number of benzene rings is 1. The van der Waals surface area contributed by atoms with Crippen LogP contribution < -0.4 is 9.75 Å². The fourth-order valence-electron chi connectivity index (χ4n) is 0.880. The van der Waals surface area contributed by atoms with Gasteiger partial charge in [-0.3, -0.25) is 5.01 Å². The Balaban J connectivity index is 2.84. The van der Waals surface area contributed by atoms with E-state index in [1.807, 2.05) is 31.3 Å². The normalized spacial score (nSPS) is 9.17. The molecule has 0 fully saturated rings. The molecule has 0 spiro atoms. The highest BCUT2D eigenvalue weighted by Gasteiger charge is 1.96. The average molecular weight is 164 g/mol. The van der Waals surface area contributed by atoms with E-state index >= 15 is 0 Å². The number of methoxy groups -OCH3 is 1. The van der Waals surface area contributed by atoms with E-state index in [2.05, 4.69) is 11.8 Å². The van der Waals surface area contributed by atoms with Gasteiger partial charge in [0.15, 0.2) is 0 Å². The zero-order valence-corrected chi connectivity index (χ0v) is 7.32. The molecule has 0 aliphatic rings. The predicted molar refractivity (Wildman–Crippen MR) is 50.9 cm³/mol. The van der Waals surface area contributed by atoms with Crippen molar-refractivity contribution in [2.45, 2.75) is 0 Å². The van der Waals surface area contributed by atoms with E-state index in [0.29, 0.717) is 0 Å². The molecule has 0 aromatic heterocycles. The number of ether oxygens (including phenoxy) is 1. The number of hydrazone groups is 1. The molecule has 0 bridgehead atoms. The molecule has 0 saturated heterocycles. The fourth-order valence-corrected chi connectivity index (χ4v) is 0.880. The maximum Gasteiger partial charge on any atom is 0.119 e. The van der Waals surface area contributed by atoms with Gasteiger partial charge >= 0.3 is 0 Å². The smallest absolute Gasteiger partial charge is 0.119 e. The molecular weight excluding hydrogens is 152 g/mol. The van der Waals surface area contributed by atoms with Crippen LogP contribution in [-0.4, -0.2) is 20.9 Å². The molecule has 1 rings (SSSR count). The Kier molecular flexibility index (Phi) is 2.69. The van der Waals surface area contributed by atoms with Crippen molar-refractivity contribution in [1.82, 2.24) is 0 Å². The monoisotopic (exact) mass is 164 g/mol. The average Bonchev–Trinajstić information content (AvgIpc) is 2.17. The fraction of sp³-hybridized carbons (Fsp3) is 0.222. The van der Waals surface area contributed by atoms with E-state index in [4.69, 9.17) is 4.74 Å². The van der Waals surface area contributed by atoms with Gasteiger partial charge in [-0.2, -0.15) is 5.10 Å². The molecule has 0 amide bonds. The van der Waals surface area contributed by atoms with Gasteiger partial charge in [0.05, 0.1) is 12.8 Å². The van der Waals surface area contributed by atoms with Crippen LogP contribution in [0.2, 0.25) is 0 Å². The molecule has 0 aliphatic carbocycles. The molecule has 1 aromatic carbocycles. The van der Waals surface area contributed by atoms with Gasteiger partial charge < -0.3 is 4.74 Å².